The van der Waals surface area contributed by atoms with Gasteiger partial charge in [-0.1, -0.05) is 12.1 Å². The molecule has 1 fully saturated rings. The predicted octanol–water partition coefficient (Wildman–Crippen LogP) is 2.56. The van der Waals surface area contributed by atoms with Gasteiger partial charge in [0, 0.05) is 31.1 Å². The first-order chi connectivity index (χ1) is 14.4. The first-order valence-electron chi connectivity index (χ1n) is 9.60. The van der Waals surface area contributed by atoms with Crippen LogP contribution in [0.2, 0.25) is 0 Å². The van der Waals surface area contributed by atoms with Gasteiger partial charge >= 0.3 is 0 Å². The molecule has 0 saturated carbocycles. The summed E-state index contributed by atoms with van der Waals surface area (Å²) in [6.45, 7) is 0.599. The van der Waals surface area contributed by atoms with Crippen LogP contribution in [0.4, 0.5) is 4.39 Å². The number of halogens is 1. The van der Waals surface area contributed by atoms with E-state index in [0.717, 1.165) is 11.6 Å². The number of benzene rings is 2. The summed E-state index contributed by atoms with van der Waals surface area (Å²) in [6.07, 6.45) is 0.740. The van der Waals surface area contributed by atoms with E-state index in [2.05, 4.69) is 5.32 Å². The molecule has 30 heavy (non-hydrogen) atoms. The summed E-state index contributed by atoms with van der Waals surface area (Å²) in [4.78, 5) is 12.3. The van der Waals surface area contributed by atoms with Crippen molar-refractivity contribution in [2.24, 2.45) is 5.92 Å². The first kappa shape index (κ1) is 22.0. The first-order valence-corrected chi connectivity index (χ1v) is 11.0. The Bertz CT molecular complexity index is 1000. The normalized spacial score (nSPS) is 15.6. The Morgan fingerprint density at radius 1 is 1.13 bits per heavy atom. The fraction of sp³-hybridized carbons (Fsp3) is 0.381. The molecule has 0 atom stereocenters. The zero-order chi connectivity index (χ0) is 21.7. The lowest BCUT2D eigenvalue weighted by Gasteiger charge is -2.30. The number of hydrogen-bond donors (Lipinski definition) is 1. The summed E-state index contributed by atoms with van der Waals surface area (Å²) in [5.74, 6) is 0.0645. The van der Waals surface area contributed by atoms with Crippen molar-refractivity contribution < 1.29 is 27.1 Å². The third-order valence-electron chi connectivity index (χ3n) is 5.22. The number of nitrogens with zero attached hydrogens (tertiary/aromatic N) is 1. The van der Waals surface area contributed by atoms with Gasteiger partial charge in [0.25, 0.3) is 0 Å². The van der Waals surface area contributed by atoms with Crippen LogP contribution in [0.5, 0.6) is 11.5 Å². The molecule has 0 unspecified atom stereocenters. The lowest BCUT2D eigenvalue weighted by Crippen LogP contribution is -2.43. The molecule has 3 rings (SSSR count). The van der Waals surface area contributed by atoms with Crippen LogP contribution in [-0.2, 0) is 21.4 Å². The Balaban J connectivity index is 1.59. The number of ether oxygens (including phenoxy) is 2. The van der Waals surface area contributed by atoms with Crippen molar-refractivity contribution in [3.05, 3.63) is 53.8 Å². The van der Waals surface area contributed by atoms with E-state index in [4.69, 9.17) is 9.47 Å². The van der Waals surface area contributed by atoms with Crippen molar-refractivity contribution in [1.82, 2.24) is 9.62 Å². The molecule has 0 bridgehead atoms. The number of piperidine rings is 1. The zero-order valence-electron chi connectivity index (χ0n) is 16.9. The van der Waals surface area contributed by atoms with Crippen molar-refractivity contribution >= 4 is 15.9 Å². The van der Waals surface area contributed by atoms with Crippen LogP contribution in [-0.4, -0.2) is 45.9 Å². The summed E-state index contributed by atoms with van der Waals surface area (Å²) >= 11 is 0. The van der Waals surface area contributed by atoms with Gasteiger partial charge in [-0.25, -0.2) is 12.8 Å². The standard InChI is InChI=1S/C21H25FN2O5S/c1-28-17-7-8-19(29-2)16(13-17)14-23-21(25)15-9-11-24(12-10-15)30(26,27)20-6-4-3-5-18(20)22/h3-8,13,15H,9-12,14H2,1-2H3,(H,23,25). The zero-order valence-corrected chi connectivity index (χ0v) is 17.7. The minimum Gasteiger partial charge on any atom is -0.497 e. The van der Waals surface area contributed by atoms with E-state index in [-0.39, 0.29) is 36.4 Å². The Labute approximate surface area is 175 Å². The molecule has 162 valence electrons. The van der Waals surface area contributed by atoms with Crippen molar-refractivity contribution in [2.75, 3.05) is 27.3 Å². The molecule has 0 aromatic heterocycles. The minimum atomic E-state index is -3.92. The number of methoxy groups -OCH3 is 2. The highest BCUT2D eigenvalue weighted by Crippen LogP contribution is 2.26. The van der Waals surface area contributed by atoms with Crippen LogP contribution in [0.15, 0.2) is 47.4 Å². The molecular formula is C21H25FN2O5S. The van der Waals surface area contributed by atoms with Crippen LogP contribution in [0.1, 0.15) is 18.4 Å². The predicted molar refractivity (Wildman–Crippen MR) is 109 cm³/mol. The second kappa shape index (κ2) is 9.44. The van der Waals surface area contributed by atoms with Crippen molar-refractivity contribution in [3.63, 3.8) is 0 Å². The van der Waals surface area contributed by atoms with Crippen molar-refractivity contribution in [3.8, 4) is 11.5 Å². The number of carbonyl (C=O) groups excluding carboxylic acids is 1. The summed E-state index contributed by atoms with van der Waals surface area (Å²) < 4.78 is 51.1. The molecule has 7 nitrogen and oxygen atoms in total. The van der Waals surface area contributed by atoms with Gasteiger partial charge in [-0.15, -0.1) is 0 Å². The molecule has 1 N–H and O–H groups in total. The third-order valence-corrected chi connectivity index (χ3v) is 7.15. The highest BCUT2D eigenvalue weighted by molar-refractivity contribution is 7.89. The number of sulfonamides is 1. The quantitative estimate of drug-likeness (QED) is 0.721. The molecule has 1 aliphatic rings. The van der Waals surface area contributed by atoms with Crippen molar-refractivity contribution in [1.29, 1.82) is 0 Å². The third kappa shape index (κ3) is 4.73. The van der Waals surface area contributed by atoms with Crippen molar-refractivity contribution in [2.45, 2.75) is 24.3 Å². The maximum Gasteiger partial charge on any atom is 0.245 e. The highest BCUT2D eigenvalue weighted by atomic mass is 32.2. The number of amides is 1. The Morgan fingerprint density at radius 3 is 2.47 bits per heavy atom. The maximum atomic E-state index is 13.9. The smallest absolute Gasteiger partial charge is 0.245 e. The molecule has 9 heteroatoms. The number of nitrogens with one attached hydrogen (secondary N) is 1. The van der Waals surface area contributed by atoms with Gasteiger partial charge < -0.3 is 14.8 Å². The highest BCUT2D eigenvalue weighted by Gasteiger charge is 2.33. The van der Waals surface area contributed by atoms with E-state index in [0.29, 0.717) is 24.3 Å². The molecular weight excluding hydrogens is 411 g/mol. The SMILES string of the molecule is COc1ccc(OC)c(CNC(=O)C2CCN(S(=O)(=O)c3ccccc3F)CC2)c1. The number of hydrogen-bond acceptors (Lipinski definition) is 5. The van der Waals surface area contributed by atoms with E-state index < -0.39 is 15.8 Å². The number of carbonyl (C=O) groups is 1. The molecule has 0 aliphatic carbocycles. The lowest BCUT2D eigenvalue weighted by molar-refractivity contribution is -0.126. The van der Waals surface area contributed by atoms with Crippen LogP contribution in [0, 0.1) is 11.7 Å². The Morgan fingerprint density at radius 2 is 1.83 bits per heavy atom. The monoisotopic (exact) mass is 436 g/mol. The lowest BCUT2D eigenvalue weighted by atomic mass is 9.97. The largest absolute Gasteiger partial charge is 0.497 e. The molecule has 0 radical (unpaired) electrons. The van der Waals surface area contributed by atoms with Gasteiger partial charge in [0.2, 0.25) is 15.9 Å². The van der Waals surface area contributed by atoms with Gasteiger partial charge in [-0.2, -0.15) is 4.31 Å². The fourth-order valence-electron chi connectivity index (χ4n) is 3.50. The average molecular weight is 437 g/mol. The second-order valence-electron chi connectivity index (χ2n) is 7.00. The second-order valence-corrected chi connectivity index (χ2v) is 8.91. The summed E-state index contributed by atoms with van der Waals surface area (Å²) in [6, 6.07) is 10.7. The van der Waals surface area contributed by atoms with Gasteiger partial charge in [0.15, 0.2) is 0 Å². The molecule has 2 aromatic rings. The Kier molecular flexibility index (Phi) is 6.94. The van der Waals surface area contributed by atoms with Gasteiger partial charge in [0.1, 0.15) is 22.2 Å². The number of rotatable bonds is 7. The van der Waals surface area contributed by atoms with E-state index >= 15 is 0 Å². The minimum absolute atomic E-state index is 0.150. The molecule has 1 heterocycles. The molecule has 1 amide bonds. The van der Waals surface area contributed by atoms with Gasteiger partial charge in [-0.05, 0) is 43.2 Å². The van der Waals surface area contributed by atoms with E-state index in [1.165, 1.54) is 22.5 Å². The van der Waals surface area contributed by atoms with E-state index in [1.54, 1.807) is 32.4 Å². The topological polar surface area (TPSA) is 84.9 Å². The Hall–Kier alpha value is -2.65. The molecule has 1 saturated heterocycles. The van der Waals surface area contributed by atoms with E-state index in [1.807, 2.05) is 0 Å². The van der Waals surface area contributed by atoms with Gasteiger partial charge in [-0.3, -0.25) is 4.79 Å². The van der Waals surface area contributed by atoms with Crippen LogP contribution < -0.4 is 14.8 Å². The summed E-state index contributed by atoms with van der Waals surface area (Å²) in [7, 11) is -0.800. The van der Waals surface area contributed by atoms with Crippen LogP contribution >= 0.6 is 0 Å². The van der Waals surface area contributed by atoms with Crippen LogP contribution in [0.25, 0.3) is 0 Å². The fourth-order valence-corrected chi connectivity index (χ4v) is 5.03. The maximum absolute atomic E-state index is 13.9. The van der Waals surface area contributed by atoms with Crippen LogP contribution in [0.3, 0.4) is 0 Å². The van der Waals surface area contributed by atoms with Gasteiger partial charge in [0.05, 0.1) is 14.2 Å². The summed E-state index contributed by atoms with van der Waals surface area (Å²) in [5.41, 5.74) is 0.782. The molecule has 2 aromatic carbocycles. The molecule has 1 aliphatic heterocycles. The van der Waals surface area contributed by atoms with E-state index in [9.17, 15) is 17.6 Å². The average Bonchev–Trinajstić information content (AvgIpc) is 2.77. The summed E-state index contributed by atoms with van der Waals surface area (Å²) in [5, 5.41) is 2.89. The molecule has 0 spiro atoms.